The largest absolute Gasteiger partial charge is 0.269 e. The first kappa shape index (κ1) is 21.2. The van der Waals surface area contributed by atoms with Gasteiger partial charge in [-0.1, -0.05) is 0 Å². The fraction of sp³-hybridized carbons (Fsp3) is 0.500. The first-order valence-electron chi connectivity index (χ1n) is 7.09. The predicted octanol–water partition coefficient (Wildman–Crippen LogP) is 0.362. The van der Waals surface area contributed by atoms with Gasteiger partial charge in [0.25, 0.3) is 20.0 Å². The monoisotopic (exact) mass is 396 g/mol. The maximum atomic E-state index is 12.9. The average molecular weight is 396 g/mol. The zero-order valence-electron chi connectivity index (χ0n) is 14.2. The van der Waals surface area contributed by atoms with E-state index in [9.17, 15) is 21.2 Å². The summed E-state index contributed by atoms with van der Waals surface area (Å²) >= 11 is 0. The molecule has 0 atom stereocenters. The van der Waals surface area contributed by atoms with Gasteiger partial charge in [-0.2, -0.15) is 10.2 Å². The van der Waals surface area contributed by atoms with Crippen molar-refractivity contribution in [3.05, 3.63) is 24.3 Å². The van der Waals surface area contributed by atoms with Crippen LogP contribution in [-0.2, 0) is 20.0 Å². The fourth-order valence-electron chi connectivity index (χ4n) is 1.57. The summed E-state index contributed by atoms with van der Waals surface area (Å²) in [6.45, 7) is 7.30. The smallest absolute Gasteiger partial charge is 0.260 e. The van der Waals surface area contributed by atoms with E-state index in [4.69, 9.17) is 10.3 Å². The molecule has 0 aliphatic heterocycles. The number of nitrogens with zero attached hydrogens (tertiary/aromatic N) is 4. The van der Waals surface area contributed by atoms with Crippen molar-refractivity contribution in [1.82, 2.24) is 19.6 Å². The van der Waals surface area contributed by atoms with E-state index in [1.807, 2.05) is 13.8 Å². The number of halogens is 1. The van der Waals surface area contributed by atoms with Crippen LogP contribution in [0.4, 0.5) is 4.39 Å². The molecule has 4 N–H and O–H groups in total. The van der Waals surface area contributed by atoms with Crippen LogP contribution < -0.4 is 10.3 Å². The van der Waals surface area contributed by atoms with Crippen LogP contribution in [0.3, 0.4) is 0 Å². The molecule has 0 unspecified atom stereocenters. The lowest BCUT2D eigenvalue weighted by molar-refractivity contribution is 0.516. The molecular weight excluding hydrogens is 375 g/mol. The molecule has 0 amide bonds. The van der Waals surface area contributed by atoms with Crippen LogP contribution in [0, 0.1) is 5.82 Å². The lowest BCUT2D eigenvalue weighted by Gasteiger charge is -2.02. The van der Waals surface area contributed by atoms with E-state index < -0.39 is 30.9 Å². The molecule has 0 radical (unpaired) electrons. The summed E-state index contributed by atoms with van der Waals surface area (Å²) in [7, 11) is -7.70. The molecule has 0 aliphatic rings. The highest BCUT2D eigenvalue weighted by Gasteiger charge is 2.20. The van der Waals surface area contributed by atoms with Gasteiger partial charge >= 0.3 is 0 Å². The Morgan fingerprint density at radius 1 is 0.960 bits per heavy atom. The number of aromatic nitrogens is 4. The highest BCUT2D eigenvalue weighted by Crippen LogP contribution is 2.12. The third kappa shape index (κ3) is 5.88. The van der Waals surface area contributed by atoms with Crippen LogP contribution >= 0.6 is 0 Å². The molecule has 0 aliphatic carbocycles. The van der Waals surface area contributed by atoms with E-state index in [1.165, 1.54) is 10.7 Å². The zero-order chi connectivity index (χ0) is 19.6. The molecule has 0 bridgehead atoms. The fourth-order valence-corrected chi connectivity index (χ4v) is 2.56. The van der Waals surface area contributed by atoms with Gasteiger partial charge in [0.05, 0.1) is 6.20 Å². The Morgan fingerprint density at radius 3 is 1.72 bits per heavy atom. The van der Waals surface area contributed by atoms with Crippen molar-refractivity contribution in [2.24, 2.45) is 10.3 Å². The molecule has 0 aromatic carbocycles. The van der Waals surface area contributed by atoms with Crippen LogP contribution in [0.25, 0.3) is 0 Å². The second-order valence-corrected chi connectivity index (χ2v) is 8.66. The molecule has 2 heterocycles. The molecule has 10 nitrogen and oxygen atoms in total. The molecule has 0 saturated heterocycles. The number of hydrogen-bond donors (Lipinski definition) is 2. The van der Waals surface area contributed by atoms with Gasteiger partial charge in [0, 0.05) is 18.3 Å². The summed E-state index contributed by atoms with van der Waals surface area (Å²) in [6, 6.07) is 1.42. The molecule has 13 heteroatoms. The number of sulfonamides is 2. The van der Waals surface area contributed by atoms with Gasteiger partial charge in [0.1, 0.15) is 0 Å². The molecule has 0 saturated carbocycles. The molecule has 2 aromatic heterocycles. The topological polar surface area (TPSA) is 156 Å². The van der Waals surface area contributed by atoms with E-state index >= 15 is 0 Å². The second kappa shape index (κ2) is 7.59. The Balaban J connectivity index is 0.000000251. The van der Waals surface area contributed by atoms with Crippen molar-refractivity contribution in [1.29, 1.82) is 0 Å². The van der Waals surface area contributed by atoms with E-state index in [0.29, 0.717) is 0 Å². The van der Waals surface area contributed by atoms with Gasteiger partial charge < -0.3 is 0 Å². The quantitative estimate of drug-likeness (QED) is 0.760. The van der Waals surface area contributed by atoms with Gasteiger partial charge in [-0.15, -0.1) is 0 Å². The van der Waals surface area contributed by atoms with Crippen LogP contribution in [0.2, 0.25) is 0 Å². The van der Waals surface area contributed by atoms with Crippen LogP contribution in [0.15, 0.2) is 28.5 Å². The lowest BCUT2D eigenvalue weighted by atomic mass is 10.4. The summed E-state index contributed by atoms with van der Waals surface area (Å²) < 4.78 is 58.7. The second-order valence-electron chi connectivity index (χ2n) is 5.67. The van der Waals surface area contributed by atoms with E-state index in [1.54, 1.807) is 24.7 Å². The number of nitrogens with two attached hydrogens (primary N) is 2. The predicted molar refractivity (Wildman–Crippen MR) is 87.9 cm³/mol. The highest BCUT2D eigenvalue weighted by atomic mass is 32.2. The third-order valence-corrected chi connectivity index (χ3v) is 4.48. The van der Waals surface area contributed by atoms with Crippen molar-refractivity contribution in [3.8, 4) is 0 Å². The Kier molecular flexibility index (Phi) is 6.44. The zero-order valence-corrected chi connectivity index (χ0v) is 15.8. The normalized spacial score (nSPS) is 12.4. The van der Waals surface area contributed by atoms with E-state index in [2.05, 4.69) is 10.2 Å². The molecule has 142 valence electrons. The minimum absolute atomic E-state index is 0.0869. The minimum atomic E-state index is -4.05. The van der Waals surface area contributed by atoms with Gasteiger partial charge in [-0.3, -0.25) is 9.36 Å². The molecule has 0 spiro atoms. The highest BCUT2D eigenvalue weighted by molar-refractivity contribution is 7.89. The van der Waals surface area contributed by atoms with Gasteiger partial charge in [-0.05, 0) is 33.8 Å². The number of primary sulfonamides is 2. The summed E-state index contributed by atoms with van der Waals surface area (Å²) in [5, 5.41) is 16.1. The van der Waals surface area contributed by atoms with Crippen molar-refractivity contribution < 1.29 is 21.2 Å². The third-order valence-electron chi connectivity index (χ3n) is 2.86. The summed E-state index contributed by atoms with van der Waals surface area (Å²) in [5.41, 5.74) is 0. The maximum absolute atomic E-state index is 12.9. The number of rotatable bonds is 4. The summed E-state index contributed by atoms with van der Waals surface area (Å²) in [4.78, 5) is 0. The van der Waals surface area contributed by atoms with Crippen molar-refractivity contribution in [2.45, 2.75) is 49.8 Å². The van der Waals surface area contributed by atoms with Crippen LogP contribution in [-0.4, -0.2) is 36.4 Å². The molecule has 0 fully saturated rings. The molecule has 2 rings (SSSR count). The van der Waals surface area contributed by atoms with E-state index in [0.717, 1.165) is 6.20 Å². The molecule has 2 aromatic rings. The summed E-state index contributed by atoms with van der Waals surface area (Å²) in [6.07, 6.45) is 2.59. The maximum Gasteiger partial charge on any atom is 0.260 e. The van der Waals surface area contributed by atoms with Gasteiger partial charge in [0.2, 0.25) is 5.03 Å². The average Bonchev–Trinajstić information content (AvgIpc) is 3.03. The Labute approximate surface area is 145 Å². The SMILES string of the molecule is CC(C)n1cc(F)c(S(N)(=O)=O)n1.CC(C)n1ccc(S(N)(=O)=O)n1. The van der Waals surface area contributed by atoms with Crippen molar-refractivity contribution in [3.63, 3.8) is 0 Å². The first-order chi connectivity index (χ1) is 11.2. The molecular formula is C12H21FN6O4S2. The van der Waals surface area contributed by atoms with Gasteiger partial charge in [0.15, 0.2) is 10.8 Å². The Morgan fingerprint density at radius 2 is 1.48 bits per heavy atom. The minimum Gasteiger partial charge on any atom is -0.269 e. The standard InChI is InChI=1S/C6H10FN3O2S.C6H11N3O2S/c1-4(2)10-3-5(7)6(9-10)13(8,11)12;1-5(2)9-4-3-6(8-9)12(7,10)11/h3-4H,1-2H3,(H2,8,11,12);3-5H,1-2H3,(H2,7,10,11). The van der Waals surface area contributed by atoms with Gasteiger partial charge in [-0.25, -0.2) is 31.5 Å². The van der Waals surface area contributed by atoms with Crippen molar-refractivity contribution >= 4 is 20.0 Å². The molecule has 25 heavy (non-hydrogen) atoms. The lowest BCUT2D eigenvalue weighted by Crippen LogP contribution is -2.15. The first-order valence-corrected chi connectivity index (χ1v) is 10.2. The Hall–Kier alpha value is -1.83. The van der Waals surface area contributed by atoms with Crippen molar-refractivity contribution in [2.75, 3.05) is 0 Å². The summed E-state index contributed by atoms with van der Waals surface area (Å²) in [5.74, 6) is -0.920. The van der Waals surface area contributed by atoms with Crippen LogP contribution in [0.1, 0.15) is 39.8 Å². The Bertz CT molecular complexity index is 931. The number of hydrogen-bond acceptors (Lipinski definition) is 6. The van der Waals surface area contributed by atoms with E-state index in [-0.39, 0.29) is 17.1 Å². The van der Waals surface area contributed by atoms with Crippen LogP contribution in [0.5, 0.6) is 0 Å².